The van der Waals surface area contributed by atoms with E-state index in [-0.39, 0.29) is 18.4 Å². The highest BCUT2D eigenvalue weighted by atomic mass is 16.2. The first-order chi connectivity index (χ1) is 9.11. The Bertz CT molecular complexity index is 461. The largest absolute Gasteiger partial charge is 0.348 e. The summed E-state index contributed by atoms with van der Waals surface area (Å²) in [5.74, 6) is 0.570. The minimum atomic E-state index is -0.177. The van der Waals surface area contributed by atoms with Gasteiger partial charge in [-0.05, 0) is 31.6 Å². The maximum absolute atomic E-state index is 12.2. The molecule has 0 radical (unpaired) electrons. The van der Waals surface area contributed by atoms with E-state index in [9.17, 15) is 9.59 Å². The quantitative estimate of drug-likeness (QED) is 0.818. The van der Waals surface area contributed by atoms with E-state index in [0.717, 1.165) is 37.9 Å². The van der Waals surface area contributed by atoms with E-state index in [1.807, 2.05) is 0 Å². The number of nitrogens with one attached hydrogen (secondary N) is 1. The van der Waals surface area contributed by atoms with Crippen LogP contribution in [0, 0.1) is 5.92 Å². The Morgan fingerprint density at radius 3 is 2.74 bits per heavy atom. The van der Waals surface area contributed by atoms with Crippen molar-refractivity contribution in [2.24, 2.45) is 13.0 Å². The molecular formula is C13H20N4O2. The monoisotopic (exact) mass is 264 g/mol. The molecule has 6 nitrogen and oxygen atoms in total. The van der Waals surface area contributed by atoms with Crippen LogP contribution in [0.3, 0.4) is 0 Å². The highest BCUT2D eigenvalue weighted by Gasteiger charge is 2.24. The highest BCUT2D eigenvalue weighted by molar-refractivity contribution is 5.94. The number of carbonyl (C=O) groups is 2. The second-order valence-electron chi connectivity index (χ2n) is 5.31. The SMILES string of the molecule is CC1CCC(NC(=O)c2c(CC=O)nnn2C)CC1. The predicted octanol–water partition coefficient (Wildman–Crippen LogP) is 0.865. The van der Waals surface area contributed by atoms with Gasteiger partial charge in [-0.25, -0.2) is 4.68 Å². The molecule has 1 fully saturated rings. The van der Waals surface area contributed by atoms with E-state index >= 15 is 0 Å². The molecule has 104 valence electrons. The molecule has 1 N–H and O–H groups in total. The molecule has 1 aliphatic rings. The first-order valence-corrected chi connectivity index (χ1v) is 6.75. The van der Waals surface area contributed by atoms with Gasteiger partial charge in [0.15, 0.2) is 0 Å². The maximum atomic E-state index is 12.2. The average Bonchev–Trinajstić information content (AvgIpc) is 2.74. The lowest BCUT2D eigenvalue weighted by atomic mass is 9.87. The van der Waals surface area contributed by atoms with Gasteiger partial charge in [0.05, 0.1) is 0 Å². The molecule has 1 heterocycles. The molecule has 1 aliphatic carbocycles. The zero-order valence-corrected chi connectivity index (χ0v) is 11.4. The summed E-state index contributed by atoms with van der Waals surface area (Å²) in [5.41, 5.74) is 0.838. The highest BCUT2D eigenvalue weighted by Crippen LogP contribution is 2.23. The van der Waals surface area contributed by atoms with Crippen LogP contribution in [-0.2, 0) is 18.3 Å². The summed E-state index contributed by atoms with van der Waals surface area (Å²) in [5, 5.41) is 10.7. The molecule has 0 unspecified atom stereocenters. The first-order valence-electron chi connectivity index (χ1n) is 6.75. The summed E-state index contributed by atoms with van der Waals surface area (Å²) in [7, 11) is 1.67. The van der Waals surface area contributed by atoms with E-state index in [2.05, 4.69) is 22.6 Å². The van der Waals surface area contributed by atoms with Gasteiger partial charge in [-0.2, -0.15) is 0 Å². The molecule has 1 amide bonds. The Kier molecular flexibility index (Phi) is 4.29. The Morgan fingerprint density at radius 1 is 1.42 bits per heavy atom. The van der Waals surface area contributed by atoms with Gasteiger partial charge in [0, 0.05) is 19.5 Å². The summed E-state index contributed by atoms with van der Waals surface area (Å²) < 4.78 is 1.43. The molecule has 1 aromatic heterocycles. The van der Waals surface area contributed by atoms with Crippen LogP contribution >= 0.6 is 0 Å². The summed E-state index contributed by atoms with van der Waals surface area (Å²) in [4.78, 5) is 22.8. The molecule has 1 aromatic rings. The van der Waals surface area contributed by atoms with Gasteiger partial charge >= 0.3 is 0 Å². The fourth-order valence-electron chi connectivity index (χ4n) is 2.55. The summed E-state index contributed by atoms with van der Waals surface area (Å²) >= 11 is 0. The normalized spacial score (nSPS) is 23.1. The lowest BCUT2D eigenvalue weighted by molar-refractivity contribution is -0.107. The molecule has 0 atom stereocenters. The van der Waals surface area contributed by atoms with Crippen LogP contribution in [0.5, 0.6) is 0 Å². The number of amides is 1. The standard InChI is InChI=1S/C13H20N4O2/c1-9-3-5-10(6-4-9)14-13(19)12-11(7-8-18)15-16-17(12)2/h8-10H,3-7H2,1-2H3,(H,14,19). The molecule has 0 saturated heterocycles. The van der Waals surface area contributed by atoms with Crippen molar-refractivity contribution in [2.45, 2.75) is 45.1 Å². The van der Waals surface area contributed by atoms with Crippen molar-refractivity contribution in [2.75, 3.05) is 0 Å². The predicted molar refractivity (Wildman–Crippen MR) is 69.7 cm³/mol. The third-order valence-corrected chi connectivity index (χ3v) is 3.74. The lowest BCUT2D eigenvalue weighted by Gasteiger charge is -2.26. The third-order valence-electron chi connectivity index (χ3n) is 3.74. The summed E-state index contributed by atoms with van der Waals surface area (Å²) in [6.45, 7) is 2.24. The fraction of sp³-hybridized carbons (Fsp3) is 0.692. The van der Waals surface area contributed by atoms with Gasteiger partial charge in [0.2, 0.25) is 0 Å². The molecule has 1 saturated carbocycles. The molecule has 0 spiro atoms. The topological polar surface area (TPSA) is 76.9 Å². The van der Waals surface area contributed by atoms with Gasteiger partial charge in [0.1, 0.15) is 17.7 Å². The molecule has 6 heteroatoms. The van der Waals surface area contributed by atoms with Crippen molar-refractivity contribution in [1.82, 2.24) is 20.3 Å². The van der Waals surface area contributed by atoms with Crippen LogP contribution in [0.2, 0.25) is 0 Å². The number of nitrogens with zero attached hydrogens (tertiary/aromatic N) is 3. The minimum Gasteiger partial charge on any atom is -0.348 e. The van der Waals surface area contributed by atoms with Gasteiger partial charge in [-0.3, -0.25) is 4.79 Å². The second kappa shape index (κ2) is 5.95. The summed E-state index contributed by atoms with van der Waals surface area (Å²) in [6.07, 6.45) is 5.19. The first kappa shape index (κ1) is 13.7. The van der Waals surface area contributed by atoms with Gasteiger partial charge in [0.25, 0.3) is 5.91 Å². The Morgan fingerprint density at radius 2 is 2.11 bits per heavy atom. The Hall–Kier alpha value is -1.72. The van der Waals surface area contributed by atoms with Crippen molar-refractivity contribution in [3.05, 3.63) is 11.4 Å². The molecule has 0 aliphatic heterocycles. The second-order valence-corrected chi connectivity index (χ2v) is 5.31. The van der Waals surface area contributed by atoms with Gasteiger partial charge in [-0.1, -0.05) is 12.1 Å². The Balaban J connectivity index is 2.03. The number of rotatable bonds is 4. The molecule has 2 rings (SSSR count). The minimum absolute atomic E-state index is 0.123. The zero-order valence-electron chi connectivity index (χ0n) is 11.4. The van der Waals surface area contributed by atoms with Crippen LogP contribution in [0.4, 0.5) is 0 Å². The van der Waals surface area contributed by atoms with Crippen molar-refractivity contribution in [3.8, 4) is 0 Å². The van der Waals surface area contributed by atoms with Crippen LogP contribution in [0.25, 0.3) is 0 Å². The average molecular weight is 264 g/mol. The Labute approximate surface area is 112 Å². The number of carbonyl (C=O) groups excluding carboxylic acids is 2. The number of hydrogen-bond donors (Lipinski definition) is 1. The fourth-order valence-corrected chi connectivity index (χ4v) is 2.55. The van der Waals surface area contributed by atoms with E-state index in [4.69, 9.17) is 0 Å². The maximum Gasteiger partial charge on any atom is 0.271 e. The van der Waals surface area contributed by atoms with Crippen molar-refractivity contribution >= 4 is 12.2 Å². The van der Waals surface area contributed by atoms with Crippen LogP contribution in [-0.4, -0.2) is 33.2 Å². The van der Waals surface area contributed by atoms with Crippen LogP contribution in [0.15, 0.2) is 0 Å². The number of aryl methyl sites for hydroxylation is 1. The molecular weight excluding hydrogens is 244 g/mol. The molecule has 19 heavy (non-hydrogen) atoms. The zero-order chi connectivity index (χ0) is 13.8. The number of hydrogen-bond acceptors (Lipinski definition) is 4. The van der Waals surface area contributed by atoms with Crippen LogP contribution in [0.1, 0.15) is 48.8 Å². The van der Waals surface area contributed by atoms with Crippen LogP contribution < -0.4 is 5.32 Å². The lowest BCUT2D eigenvalue weighted by Crippen LogP contribution is -2.38. The smallest absolute Gasteiger partial charge is 0.271 e. The number of aldehydes is 1. The van der Waals surface area contributed by atoms with E-state index in [1.54, 1.807) is 7.05 Å². The molecule has 0 aromatic carbocycles. The summed E-state index contributed by atoms with van der Waals surface area (Å²) in [6, 6.07) is 0.225. The number of aromatic nitrogens is 3. The van der Waals surface area contributed by atoms with Crippen molar-refractivity contribution in [3.63, 3.8) is 0 Å². The molecule has 0 bridgehead atoms. The van der Waals surface area contributed by atoms with E-state index < -0.39 is 0 Å². The van der Waals surface area contributed by atoms with Crippen molar-refractivity contribution in [1.29, 1.82) is 0 Å². The third kappa shape index (κ3) is 3.19. The van der Waals surface area contributed by atoms with E-state index in [0.29, 0.717) is 11.4 Å². The van der Waals surface area contributed by atoms with Gasteiger partial charge < -0.3 is 10.1 Å². The van der Waals surface area contributed by atoms with Crippen molar-refractivity contribution < 1.29 is 9.59 Å². The van der Waals surface area contributed by atoms with E-state index in [1.165, 1.54) is 4.68 Å². The van der Waals surface area contributed by atoms with Gasteiger partial charge in [-0.15, -0.1) is 5.10 Å².